The molecule has 3 rings (SSSR count). The van der Waals surface area contributed by atoms with Crippen LogP contribution in [0, 0.1) is 0 Å². The number of hydrogen-bond acceptors (Lipinski definition) is 3. The van der Waals surface area contributed by atoms with Crippen LogP contribution in [0.2, 0.25) is 0 Å². The van der Waals surface area contributed by atoms with E-state index in [9.17, 15) is 5.11 Å². The lowest BCUT2D eigenvalue weighted by atomic mass is 9.85. The summed E-state index contributed by atoms with van der Waals surface area (Å²) >= 11 is 0. The number of β-amino-alcohol motifs (C(OH)–C–C–N with tert-alkyl or cyclic N) is 1. The molecule has 0 saturated carbocycles. The lowest BCUT2D eigenvalue weighted by Crippen LogP contribution is -2.43. The topological polar surface area (TPSA) is 35.5 Å². The number of nitrogens with zero attached hydrogens (tertiary/aromatic N) is 1. The fraction of sp³-hybridized carbons (Fsp3) is 0.368. The predicted molar refractivity (Wildman–Crippen MR) is 89.8 cm³/mol. The zero-order chi connectivity index (χ0) is 15.3. The van der Waals surface area contributed by atoms with E-state index in [-0.39, 0.29) is 0 Å². The van der Waals surface area contributed by atoms with Crippen LogP contribution in [0.3, 0.4) is 0 Å². The molecule has 2 aromatic rings. The monoisotopic (exact) mass is 296 g/mol. The van der Waals surface area contributed by atoms with Gasteiger partial charge in [-0.25, -0.2) is 0 Å². The van der Waals surface area contributed by atoms with Gasteiger partial charge >= 0.3 is 0 Å². The summed E-state index contributed by atoms with van der Waals surface area (Å²) in [6.45, 7) is 4.67. The molecule has 0 unspecified atom stereocenters. The summed E-state index contributed by atoms with van der Waals surface area (Å²) in [6.07, 6.45) is 1.12. The zero-order valence-corrected chi connectivity index (χ0v) is 12.9. The standard InChI is InChI=1S/C19H24N2O/c22-19(17-8-3-1-4-9-17,18-10-5-2-6-11-18)16-21-14-7-12-20-13-15-21/h1-6,8-11,20,22H,7,12-16H2. The Bertz CT molecular complexity index is 523. The third-order valence-electron chi connectivity index (χ3n) is 4.39. The van der Waals surface area contributed by atoms with Crippen LogP contribution in [0.15, 0.2) is 60.7 Å². The van der Waals surface area contributed by atoms with Gasteiger partial charge in [0, 0.05) is 19.6 Å². The average Bonchev–Trinajstić information content (AvgIpc) is 2.85. The molecule has 0 atom stereocenters. The number of rotatable bonds is 4. The molecule has 1 aliphatic rings. The van der Waals surface area contributed by atoms with E-state index in [0.717, 1.165) is 43.7 Å². The lowest BCUT2D eigenvalue weighted by molar-refractivity contribution is 0.0376. The highest BCUT2D eigenvalue weighted by atomic mass is 16.3. The van der Waals surface area contributed by atoms with Crippen LogP contribution in [-0.4, -0.2) is 42.7 Å². The predicted octanol–water partition coefficient (Wildman–Crippen LogP) is 2.22. The fourth-order valence-corrected chi connectivity index (χ4v) is 3.16. The SMILES string of the molecule is OC(CN1CCCNCC1)(c1ccccc1)c1ccccc1. The van der Waals surface area contributed by atoms with Gasteiger partial charge in [-0.1, -0.05) is 60.7 Å². The number of nitrogens with one attached hydrogen (secondary N) is 1. The van der Waals surface area contributed by atoms with E-state index in [4.69, 9.17) is 0 Å². The van der Waals surface area contributed by atoms with Crippen molar-refractivity contribution in [2.24, 2.45) is 0 Å². The Morgan fingerprint density at radius 3 is 2.05 bits per heavy atom. The molecule has 3 heteroatoms. The fourth-order valence-electron chi connectivity index (χ4n) is 3.16. The number of aliphatic hydroxyl groups is 1. The summed E-state index contributed by atoms with van der Waals surface area (Å²) in [4.78, 5) is 2.36. The maximum atomic E-state index is 11.5. The van der Waals surface area contributed by atoms with E-state index in [1.54, 1.807) is 0 Å². The summed E-state index contributed by atoms with van der Waals surface area (Å²) in [5.41, 5.74) is 0.948. The highest BCUT2D eigenvalue weighted by Gasteiger charge is 2.33. The van der Waals surface area contributed by atoms with Crippen molar-refractivity contribution in [3.05, 3.63) is 71.8 Å². The molecular formula is C19H24N2O. The van der Waals surface area contributed by atoms with Crippen LogP contribution in [0.5, 0.6) is 0 Å². The van der Waals surface area contributed by atoms with Crippen molar-refractivity contribution in [2.45, 2.75) is 12.0 Å². The number of hydrogen-bond donors (Lipinski definition) is 2. The molecule has 1 saturated heterocycles. The molecule has 3 nitrogen and oxygen atoms in total. The highest BCUT2D eigenvalue weighted by molar-refractivity contribution is 5.36. The van der Waals surface area contributed by atoms with E-state index >= 15 is 0 Å². The minimum absolute atomic E-state index is 0.628. The minimum Gasteiger partial charge on any atom is -0.379 e. The molecule has 2 N–H and O–H groups in total. The maximum Gasteiger partial charge on any atom is 0.127 e. The zero-order valence-electron chi connectivity index (χ0n) is 12.9. The Morgan fingerprint density at radius 1 is 0.864 bits per heavy atom. The van der Waals surface area contributed by atoms with Crippen LogP contribution in [-0.2, 0) is 5.60 Å². The molecule has 0 bridgehead atoms. The molecule has 1 fully saturated rings. The molecule has 0 aliphatic carbocycles. The Morgan fingerprint density at radius 2 is 1.45 bits per heavy atom. The smallest absolute Gasteiger partial charge is 0.127 e. The van der Waals surface area contributed by atoms with Crippen molar-refractivity contribution in [2.75, 3.05) is 32.7 Å². The van der Waals surface area contributed by atoms with Gasteiger partial charge in [0.1, 0.15) is 5.60 Å². The van der Waals surface area contributed by atoms with Crippen molar-refractivity contribution in [3.8, 4) is 0 Å². The second kappa shape index (κ2) is 7.05. The van der Waals surface area contributed by atoms with Gasteiger partial charge in [-0.05, 0) is 30.6 Å². The first-order valence-corrected chi connectivity index (χ1v) is 8.05. The van der Waals surface area contributed by atoms with Crippen LogP contribution < -0.4 is 5.32 Å². The first-order valence-electron chi connectivity index (χ1n) is 8.05. The van der Waals surface area contributed by atoms with Gasteiger partial charge in [-0.3, -0.25) is 4.90 Å². The lowest BCUT2D eigenvalue weighted by Gasteiger charge is -2.34. The third-order valence-corrected chi connectivity index (χ3v) is 4.39. The van der Waals surface area contributed by atoms with Crippen LogP contribution in [0.1, 0.15) is 17.5 Å². The van der Waals surface area contributed by atoms with Crippen LogP contribution in [0.25, 0.3) is 0 Å². The maximum absolute atomic E-state index is 11.5. The van der Waals surface area contributed by atoms with Gasteiger partial charge in [0.2, 0.25) is 0 Å². The Balaban J connectivity index is 1.92. The number of benzene rings is 2. The van der Waals surface area contributed by atoms with Gasteiger partial charge in [0.15, 0.2) is 0 Å². The molecule has 22 heavy (non-hydrogen) atoms. The van der Waals surface area contributed by atoms with Gasteiger partial charge in [0.25, 0.3) is 0 Å². The summed E-state index contributed by atoms with van der Waals surface area (Å²) in [7, 11) is 0. The quantitative estimate of drug-likeness (QED) is 0.908. The molecular weight excluding hydrogens is 272 g/mol. The average molecular weight is 296 g/mol. The second-order valence-corrected chi connectivity index (χ2v) is 5.97. The van der Waals surface area contributed by atoms with Crippen molar-refractivity contribution in [3.63, 3.8) is 0 Å². The van der Waals surface area contributed by atoms with Crippen LogP contribution >= 0.6 is 0 Å². The van der Waals surface area contributed by atoms with Crippen molar-refractivity contribution in [1.29, 1.82) is 0 Å². The molecule has 1 aliphatic heterocycles. The van der Waals surface area contributed by atoms with E-state index < -0.39 is 5.60 Å². The molecule has 0 amide bonds. The van der Waals surface area contributed by atoms with Crippen molar-refractivity contribution in [1.82, 2.24) is 10.2 Å². The minimum atomic E-state index is -0.965. The van der Waals surface area contributed by atoms with E-state index in [1.165, 1.54) is 0 Å². The Labute approximate surface area is 132 Å². The van der Waals surface area contributed by atoms with Crippen molar-refractivity contribution < 1.29 is 5.11 Å². The molecule has 116 valence electrons. The summed E-state index contributed by atoms with van der Waals surface area (Å²) < 4.78 is 0. The molecule has 0 aromatic heterocycles. The molecule has 0 spiro atoms. The summed E-state index contributed by atoms with van der Waals surface area (Å²) in [6, 6.07) is 20.0. The second-order valence-electron chi connectivity index (χ2n) is 5.97. The Kier molecular flexibility index (Phi) is 4.88. The molecule has 0 radical (unpaired) electrons. The largest absolute Gasteiger partial charge is 0.379 e. The van der Waals surface area contributed by atoms with Gasteiger partial charge in [-0.15, -0.1) is 0 Å². The van der Waals surface area contributed by atoms with Crippen LogP contribution in [0.4, 0.5) is 0 Å². The first-order chi connectivity index (χ1) is 10.8. The molecule has 2 aromatic carbocycles. The summed E-state index contributed by atoms with van der Waals surface area (Å²) in [5, 5.41) is 15.0. The van der Waals surface area contributed by atoms with E-state index in [0.29, 0.717) is 6.54 Å². The van der Waals surface area contributed by atoms with Gasteiger partial charge in [0.05, 0.1) is 0 Å². The Hall–Kier alpha value is -1.68. The van der Waals surface area contributed by atoms with E-state index in [1.807, 2.05) is 60.7 Å². The van der Waals surface area contributed by atoms with Gasteiger partial charge < -0.3 is 10.4 Å². The van der Waals surface area contributed by atoms with Crippen molar-refractivity contribution >= 4 is 0 Å². The highest BCUT2D eigenvalue weighted by Crippen LogP contribution is 2.30. The summed E-state index contributed by atoms with van der Waals surface area (Å²) in [5.74, 6) is 0. The normalized spacial score (nSPS) is 17.1. The molecule has 1 heterocycles. The third kappa shape index (κ3) is 3.38. The van der Waals surface area contributed by atoms with E-state index in [2.05, 4.69) is 10.2 Å². The first kappa shape index (κ1) is 15.2. The van der Waals surface area contributed by atoms with Gasteiger partial charge in [-0.2, -0.15) is 0 Å².